The van der Waals surface area contributed by atoms with Crippen LogP contribution < -0.4 is 0 Å². The molecule has 24 heavy (non-hydrogen) atoms. The Morgan fingerprint density at radius 2 is 2.21 bits per heavy atom. The van der Waals surface area contributed by atoms with Gasteiger partial charge in [0, 0.05) is 28.7 Å². The number of nitrogens with zero attached hydrogens (tertiary/aromatic N) is 1. The first-order chi connectivity index (χ1) is 11.4. The molecule has 128 valence electrons. The summed E-state index contributed by atoms with van der Waals surface area (Å²) in [6.07, 6.45) is 1.62. The highest BCUT2D eigenvalue weighted by molar-refractivity contribution is 7.91. The van der Waals surface area contributed by atoms with Crippen molar-refractivity contribution >= 4 is 38.2 Å². The normalized spacial score (nSPS) is 25.8. The Labute approximate surface area is 144 Å². The monoisotopic (exact) mass is 368 g/mol. The van der Waals surface area contributed by atoms with Crippen molar-refractivity contribution in [2.75, 3.05) is 24.7 Å². The molecule has 0 spiro atoms. The van der Waals surface area contributed by atoms with E-state index in [4.69, 9.17) is 16.3 Å². The van der Waals surface area contributed by atoms with Gasteiger partial charge in [-0.3, -0.25) is 4.79 Å². The zero-order chi connectivity index (χ0) is 16.9. The molecule has 2 fully saturated rings. The van der Waals surface area contributed by atoms with Crippen molar-refractivity contribution in [1.82, 2.24) is 9.88 Å². The number of aromatic amines is 1. The van der Waals surface area contributed by atoms with Crippen LogP contribution in [0.1, 0.15) is 5.56 Å². The SMILES string of the molecule is O=C(Cc1c[nH]c2ccc(Cl)cc12)N1CCOC2CS(=O)(=O)CC21. The Morgan fingerprint density at radius 3 is 3.04 bits per heavy atom. The number of hydrogen-bond donors (Lipinski definition) is 1. The van der Waals surface area contributed by atoms with Crippen molar-refractivity contribution < 1.29 is 17.9 Å². The van der Waals surface area contributed by atoms with Crippen LogP contribution in [0.15, 0.2) is 24.4 Å². The number of carbonyl (C=O) groups is 1. The zero-order valence-corrected chi connectivity index (χ0v) is 14.4. The Kier molecular flexibility index (Phi) is 3.82. The molecule has 2 aliphatic rings. The number of carbonyl (C=O) groups excluding carboxylic acids is 1. The smallest absolute Gasteiger partial charge is 0.227 e. The number of benzene rings is 1. The minimum absolute atomic E-state index is 0.00411. The van der Waals surface area contributed by atoms with Gasteiger partial charge < -0.3 is 14.6 Å². The van der Waals surface area contributed by atoms with Crippen molar-refractivity contribution in [3.8, 4) is 0 Å². The maximum atomic E-state index is 12.8. The summed E-state index contributed by atoms with van der Waals surface area (Å²) in [5.41, 5.74) is 1.78. The van der Waals surface area contributed by atoms with Gasteiger partial charge in [0.05, 0.1) is 36.7 Å². The van der Waals surface area contributed by atoms with E-state index in [1.165, 1.54) is 0 Å². The number of ether oxygens (including phenoxy) is 1. The first-order valence-electron chi connectivity index (χ1n) is 7.80. The number of amides is 1. The van der Waals surface area contributed by atoms with E-state index in [-0.39, 0.29) is 29.9 Å². The van der Waals surface area contributed by atoms with Gasteiger partial charge in [0.1, 0.15) is 0 Å². The number of hydrogen-bond acceptors (Lipinski definition) is 4. The van der Waals surface area contributed by atoms with Crippen LogP contribution in [0.25, 0.3) is 10.9 Å². The third-order valence-electron chi connectivity index (χ3n) is 4.73. The molecule has 0 radical (unpaired) electrons. The van der Waals surface area contributed by atoms with Crippen LogP contribution in [0.3, 0.4) is 0 Å². The fraction of sp³-hybridized carbons (Fsp3) is 0.438. The van der Waals surface area contributed by atoms with E-state index in [1.807, 2.05) is 18.3 Å². The number of halogens is 1. The van der Waals surface area contributed by atoms with Gasteiger partial charge in [0.15, 0.2) is 9.84 Å². The molecule has 1 aromatic heterocycles. The molecule has 0 aliphatic carbocycles. The summed E-state index contributed by atoms with van der Waals surface area (Å²) in [5, 5.41) is 1.53. The van der Waals surface area contributed by atoms with Gasteiger partial charge in [0.25, 0.3) is 0 Å². The molecule has 2 aliphatic heterocycles. The Bertz CT molecular complexity index is 908. The standard InChI is InChI=1S/C16H17ClN2O4S/c17-11-1-2-13-12(6-11)10(7-18-13)5-16(20)19-3-4-23-15-9-24(21,22)8-14(15)19/h1-2,6-7,14-15,18H,3-5,8-9H2. The van der Waals surface area contributed by atoms with Crippen LogP contribution in [0.4, 0.5) is 0 Å². The fourth-order valence-electron chi connectivity index (χ4n) is 3.59. The second-order valence-corrected chi connectivity index (χ2v) is 8.91. The minimum atomic E-state index is -3.14. The minimum Gasteiger partial charge on any atom is -0.373 e. The fourth-order valence-corrected chi connectivity index (χ4v) is 5.63. The van der Waals surface area contributed by atoms with Crippen LogP contribution in [-0.2, 0) is 25.8 Å². The van der Waals surface area contributed by atoms with E-state index >= 15 is 0 Å². The molecule has 0 bridgehead atoms. The highest BCUT2D eigenvalue weighted by atomic mass is 35.5. The third-order valence-corrected chi connectivity index (χ3v) is 6.65. The molecule has 0 saturated carbocycles. The van der Waals surface area contributed by atoms with E-state index < -0.39 is 15.9 Å². The first-order valence-corrected chi connectivity index (χ1v) is 10.00. The lowest BCUT2D eigenvalue weighted by Gasteiger charge is -2.36. The summed E-state index contributed by atoms with van der Waals surface area (Å²) in [6.45, 7) is 0.806. The van der Waals surface area contributed by atoms with E-state index in [1.54, 1.807) is 11.0 Å². The average Bonchev–Trinajstić information content (AvgIpc) is 3.05. The molecule has 2 atom stereocenters. The lowest BCUT2D eigenvalue weighted by molar-refractivity contribution is -0.142. The van der Waals surface area contributed by atoms with Gasteiger partial charge in [0.2, 0.25) is 5.91 Å². The number of fused-ring (bicyclic) bond motifs is 2. The summed E-state index contributed by atoms with van der Waals surface area (Å²) in [6, 6.07) is 5.13. The summed E-state index contributed by atoms with van der Waals surface area (Å²) >= 11 is 6.04. The summed E-state index contributed by atoms with van der Waals surface area (Å²) in [7, 11) is -3.14. The van der Waals surface area contributed by atoms with Crippen LogP contribution in [0, 0.1) is 0 Å². The third kappa shape index (κ3) is 2.81. The molecule has 3 heterocycles. The molecule has 2 saturated heterocycles. The van der Waals surface area contributed by atoms with Gasteiger partial charge in [-0.05, 0) is 23.8 Å². The maximum absolute atomic E-state index is 12.8. The van der Waals surface area contributed by atoms with Gasteiger partial charge in [-0.15, -0.1) is 0 Å². The van der Waals surface area contributed by atoms with E-state index in [2.05, 4.69) is 4.98 Å². The van der Waals surface area contributed by atoms with Crippen LogP contribution in [-0.4, -0.2) is 61.0 Å². The topological polar surface area (TPSA) is 79.5 Å². The summed E-state index contributed by atoms with van der Waals surface area (Å²) < 4.78 is 29.3. The summed E-state index contributed by atoms with van der Waals surface area (Å²) in [5.74, 6) is -0.0842. The predicted octanol–water partition coefficient (Wildman–Crippen LogP) is 1.39. The van der Waals surface area contributed by atoms with Gasteiger partial charge >= 0.3 is 0 Å². The number of aromatic nitrogens is 1. The van der Waals surface area contributed by atoms with E-state index in [0.717, 1.165) is 16.5 Å². The number of sulfone groups is 1. The second-order valence-electron chi connectivity index (χ2n) is 6.32. The largest absolute Gasteiger partial charge is 0.373 e. The molecular formula is C16H17ClN2O4S. The molecular weight excluding hydrogens is 352 g/mol. The Morgan fingerprint density at radius 1 is 1.38 bits per heavy atom. The maximum Gasteiger partial charge on any atom is 0.227 e. The molecule has 4 rings (SSSR count). The lowest BCUT2D eigenvalue weighted by Crippen LogP contribution is -2.53. The molecule has 1 aromatic carbocycles. The average molecular weight is 369 g/mol. The molecule has 2 unspecified atom stereocenters. The molecule has 6 nitrogen and oxygen atoms in total. The molecule has 2 aromatic rings. The Balaban J connectivity index is 1.58. The number of rotatable bonds is 2. The highest BCUT2D eigenvalue weighted by Gasteiger charge is 2.45. The van der Waals surface area contributed by atoms with Gasteiger partial charge in [-0.25, -0.2) is 8.42 Å². The van der Waals surface area contributed by atoms with E-state index in [0.29, 0.717) is 18.2 Å². The predicted molar refractivity (Wildman–Crippen MR) is 90.9 cm³/mol. The van der Waals surface area contributed by atoms with Crippen molar-refractivity contribution in [2.45, 2.75) is 18.6 Å². The molecule has 1 N–H and O–H groups in total. The van der Waals surface area contributed by atoms with Crippen molar-refractivity contribution in [3.05, 3.63) is 35.0 Å². The van der Waals surface area contributed by atoms with Crippen LogP contribution >= 0.6 is 11.6 Å². The van der Waals surface area contributed by atoms with Crippen LogP contribution in [0.2, 0.25) is 5.02 Å². The number of nitrogens with one attached hydrogen (secondary N) is 1. The summed E-state index contributed by atoms with van der Waals surface area (Å²) in [4.78, 5) is 17.6. The van der Waals surface area contributed by atoms with Crippen molar-refractivity contribution in [2.24, 2.45) is 0 Å². The van der Waals surface area contributed by atoms with Crippen LogP contribution in [0.5, 0.6) is 0 Å². The van der Waals surface area contributed by atoms with Crippen molar-refractivity contribution in [1.29, 1.82) is 0 Å². The lowest BCUT2D eigenvalue weighted by atomic mass is 10.1. The van der Waals surface area contributed by atoms with Gasteiger partial charge in [-0.1, -0.05) is 11.6 Å². The second kappa shape index (κ2) is 5.75. The molecule has 8 heteroatoms. The number of H-pyrrole nitrogens is 1. The highest BCUT2D eigenvalue weighted by Crippen LogP contribution is 2.27. The van der Waals surface area contributed by atoms with Gasteiger partial charge in [-0.2, -0.15) is 0 Å². The zero-order valence-electron chi connectivity index (χ0n) is 12.9. The van der Waals surface area contributed by atoms with E-state index in [9.17, 15) is 13.2 Å². The van der Waals surface area contributed by atoms with Crippen molar-refractivity contribution in [3.63, 3.8) is 0 Å². The Hall–Kier alpha value is -1.57. The number of morpholine rings is 1. The molecule has 1 amide bonds. The first kappa shape index (κ1) is 15.9. The quantitative estimate of drug-likeness (QED) is 0.868.